The van der Waals surface area contributed by atoms with Crippen molar-refractivity contribution in [2.45, 2.75) is 89.9 Å². The summed E-state index contributed by atoms with van der Waals surface area (Å²) >= 11 is 0. The standard InChI is InChI=1S/C33H48F3N5O6/c1-19-17-41(15-14-40(19)6)31(44)27(38-26(42)18-46-7)20(2)23-12-13-25(24(34)16-23)37-30(43)28(39-32(45)47-33(3,4)5)21-8-10-22(11-9-21)29(35)36/h12-13,16,19-21,27-28H,8-11,14-15,17-18H2,1-7H3,(H,37,43)(H,38,42)(H,39,45)/t19-,20+,27-,28+/m1/s1. The zero-order valence-corrected chi connectivity index (χ0v) is 28.3. The molecule has 1 heterocycles. The molecule has 14 heteroatoms. The number of likely N-dealkylation sites (N-methyl/N-ethyl adjacent to an activating group) is 1. The molecule has 0 bridgehead atoms. The number of methoxy groups -OCH3 is 1. The minimum Gasteiger partial charge on any atom is -0.444 e. The van der Waals surface area contributed by atoms with Gasteiger partial charge in [0.05, 0.1) is 5.69 Å². The van der Waals surface area contributed by atoms with Gasteiger partial charge in [-0.15, -0.1) is 0 Å². The number of ether oxygens (including phenoxy) is 2. The quantitative estimate of drug-likeness (QED) is 0.338. The topological polar surface area (TPSA) is 129 Å². The van der Waals surface area contributed by atoms with Gasteiger partial charge in [0.2, 0.25) is 17.7 Å². The van der Waals surface area contributed by atoms with Crippen LogP contribution in [-0.2, 0) is 23.9 Å². The molecule has 0 radical (unpaired) electrons. The van der Waals surface area contributed by atoms with E-state index in [-0.39, 0.29) is 55.5 Å². The summed E-state index contributed by atoms with van der Waals surface area (Å²) in [5, 5.41) is 7.82. The largest absolute Gasteiger partial charge is 0.444 e. The molecule has 3 N–H and O–H groups in total. The van der Waals surface area contributed by atoms with Crippen molar-refractivity contribution in [2.75, 3.05) is 45.7 Å². The second kappa shape index (κ2) is 16.4. The fraction of sp³-hybridized carbons (Fsp3) is 0.636. The van der Waals surface area contributed by atoms with Gasteiger partial charge in [-0.25, -0.2) is 9.18 Å². The van der Waals surface area contributed by atoms with E-state index in [2.05, 4.69) is 20.9 Å². The van der Waals surface area contributed by atoms with E-state index in [0.29, 0.717) is 25.2 Å². The van der Waals surface area contributed by atoms with Gasteiger partial charge >= 0.3 is 6.09 Å². The highest BCUT2D eigenvalue weighted by Crippen LogP contribution is 2.34. The number of allylic oxidation sites excluding steroid dienone is 1. The molecule has 3 rings (SSSR count). The fourth-order valence-electron chi connectivity index (χ4n) is 5.85. The van der Waals surface area contributed by atoms with Crippen molar-refractivity contribution in [2.24, 2.45) is 5.92 Å². The summed E-state index contributed by atoms with van der Waals surface area (Å²) < 4.78 is 52.1. The van der Waals surface area contributed by atoms with Crippen LogP contribution in [0, 0.1) is 11.7 Å². The van der Waals surface area contributed by atoms with Gasteiger partial charge in [0.25, 0.3) is 6.08 Å². The number of nitrogens with zero attached hydrogens (tertiary/aromatic N) is 2. The molecule has 2 aliphatic rings. The number of piperazine rings is 1. The molecule has 0 unspecified atom stereocenters. The number of hydrogen-bond donors (Lipinski definition) is 3. The van der Waals surface area contributed by atoms with Crippen LogP contribution >= 0.6 is 0 Å². The van der Waals surface area contributed by atoms with Crippen LogP contribution < -0.4 is 16.0 Å². The Morgan fingerprint density at radius 1 is 1.06 bits per heavy atom. The number of hydrogen-bond acceptors (Lipinski definition) is 7. The zero-order chi connectivity index (χ0) is 35.1. The van der Waals surface area contributed by atoms with E-state index in [1.165, 1.54) is 19.2 Å². The molecule has 0 spiro atoms. The summed E-state index contributed by atoms with van der Waals surface area (Å²) in [6, 6.07) is 2.03. The lowest BCUT2D eigenvalue weighted by atomic mass is 9.81. The number of rotatable bonds is 10. The number of nitrogens with one attached hydrogen (secondary N) is 3. The molecule has 262 valence electrons. The maximum absolute atomic E-state index is 15.6. The number of alkyl carbamates (subject to hydrolysis) is 1. The van der Waals surface area contributed by atoms with E-state index in [4.69, 9.17) is 9.47 Å². The predicted octanol–water partition coefficient (Wildman–Crippen LogP) is 4.40. The van der Waals surface area contributed by atoms with Crippen molar-refractivity contribution in [1.29, 1.82) is 0 Å². The number of carbonyl (C=O) groups is 4. The summed E-state index contributed by atoms with van der Waals surface area (Å²) in [6.07, 6.45) is -2.02. The third-order valence-electron chi connectivity index (χ3n) is 8.73. The van der Waals surface area contributed by atoms with Crippen LogP contribution in [0.5, 0.6) is 0 Å². The van der Waals surface area contributed by atoms with E-state index >= 15 is 4.39 Å². The van der Waals surface area contributed by atoms with Crippen LogP contribution in [0.15, 0.2) is 29.9 Å². The summed E-state index contributed by atoms with van der Waals surface area (Å²) in [7, 11) is 3.34. The molecule has 1 aliphatic carbocycles. The molecule has 4 amide bonds. The Bertz CT molecular complexity index is 1320. The normalized spacial score (nSPS) is 20.9. The monoisotopic (exact) mass is 667 g/mol. The van der Waals surface area contributed by atoms with Crippen molar-refractivity contribution in [3.63, 3.8) is 0 Å². The van der Waals surface area contributed by atoms with Crippen LogP contribution in [0.2, 0.25) is 0 Å². The predicted molar refractivity (Wildman–Crippen MR) is 170 cm³/mol. The second-order valence-corrected chi connectivity index (χ2v) is 13.4. The van der Waals surface area contributed by atoms with Gasteiger partial charge in [0.15, 0.2) is 0 Å². The molecule has 1 saturated heterocycles. The molecule has 2 fully saturated rings. The first-order valence-electron chi connectivity index (χ1n) is 15.9. The van der Waals surface area contributed by atoms with Gasteiger partial charge in [0.1, 0.15) is 30.1 Å². The van der Waals surface area contributed by atoms with Crippen LogP contribution in [0.25, 0.3) is 0 Å². The number of amides is 4. The minimum absolute atomic E-state index is 0.0192. The van der Waals surface area contributed by atoms with Crippen molar-refractivity contribution in [3.8, 4) is 0 Å². The molecule has 1 aromatic carbocycles. The van der Waals surface area contributed by atoms with E-state index < -0.39 is 59.3 Å². The lowest BCUT2D eigenvalue weighted by Gasteiger charge is -2.40. The molecular weight excluding hydrogens is 619 g/mol. The van der Waals surface area contributed by atoms with Gasteiger partial charge in [0, 0.05) is 38.7 Å². The number of carbonyl (C=O) groups excluding carboxylic acids is 4. The first kappa shape index (κ1) is 37.8. The van der Waals surface area contributed by atoms with Gasteiger partial charge < -0.3 is 35.2 Å². The van der Waals surface area contributed by atoms with Gasteiger partial charge in [-0.1, -0.05) is 13.0 Å². The van der Waals surface area contributed by atoms with Crippen LogP contribution in [0.1, 0.15) is 71.8 Å². The Balaban J connectivity index is 1.81. The molecule has 1 saturated carbocycles. The smallest absolute Gasteiger partial charge is 0.408 e. The highest BCUT2D eigenvalue weighted by atomic mass is 19.3. The first-order valence-corrected chi connectivity index (χ1v) is 15.9. The summed E-state index contributed by atoms with van der Waals surface area (Å²) in [6.45, 7) is 10.0. The summed E-state index contributed by atoms with van der Waals surface area (Å²) in [5.74, 6) is -3.46. The van der Waals surface area contributed by atoms with Crippen molar-refractivity contribution < 1.29 is 41.8 Å². The van der Waals surface area contributed by atoms with Gasteiger partial charge in [-0.3, -0.25) is 14.4 Å². The third kappa shape index (κ3) is 10.7. The van der Waals surface area contributed by atoms with E-state index in [0.717, 1.165) is 0 Å². The van der Waals surface area contributed by atoms with Gasteiger partial charge in [-0.2, -0.15) is 8.78 Å². The molecule has 11 nitrogen and oxygen atoms in total. The average molecular weight is 668 g/mol. The Hall–Kier alpha value is -3.65. The fourth-order valence-corrected chi connectivity index (χ4v) is 5.85. The Morgan fingerprint density at radius 2 is 1.72 bits per heavy atom. The molecule has 0 aromatic heterocycles. The number of benzene rings is 1. The second-order valence-electron chi connectivity index (χ2n) is 13.4. The summed E-state index contributed by atoms with van der Waals surface area (Å²) in [4.78, 5) is 56.1. The highest BCUT2D eigenvalue weighted by Gasteiger charge is 2.36. The maximum Gasteiger partial charge on any atom is 0.408 e. The van der Waals surface area contributed by atoms with E-state index in [1.807, 2.05) is 14.0 Å². The van der Waals surface area contributed by atoms with Gasteiger partial charge in [-0.05, 0) is 89.6 Å². The van der Waals surface area contributed by atoms with Crippen LogP contribution in [0.4, 0.5) is 23.7 Å². The first-order chi connectivity index (χ1) is 22.0. The van der Waals surface area contributed by atoms with Crippen molar-refractivity contribution in [3.05, 3.63) is 41.2 Å². The van der Waals surface area contributed by atoms with Crippen LogP contribution in [-0.4, -0.2) is 97.7 Å². The maximum atomic E-state index is 15.6. The highest BCUT2D eigenvalue weighted by molar-refractivity contribution is 5.97. The zero-order valence-electron chi connectivity index (χ0n) is 28.3. The number of halogens is 3. The molecule has 4 atom stereocenters. The Morgan fingerprint density at radius 3 is 2.28 bits per heavy atom. The lowest BCUT2D eigenvalue weighted by Crippen LogP contribution is -2.58. The molecular formula is C33H48F3N5O6. The van der Waals surface area contributed by atoms with E-state index in [9.17, 15) is 28.0 Å². The lowest BCUT2D eigenvalue weighted by molar-refractivity contribution is -0.140. The van der Waals surface area contributed by atoms with Crippen molar-refractivity contribution >= 4 is 29.5 Å². The molecule has 47 heavy (non-hydrogen) atoms. The third-order valence-corrected chi connectivity index (χ3v) is 8.73. The number of anilines is 1. The van der Waals surface area contributed by atoms with E-state index in [1.54, 1.807) is 38.7 Å². The molecule has 1 aliphatic heterocycles. The minimum atomic E-state index is -1.73. The molecule has 1 aromatic rings. The van der Waals surface area contributed by atoms with Crippen molar-refractivity contribution in [1.82, 2.24) is 20.4 Å². The van der Waals surface area contributed by atoms with Crippen LogP contribution in [0.3, 0.4) is 0 Å². The SMILES string of the molecule is COCC(=O)N[C@@H](C(=O)N1CCN(C)[C@H](C)C1)[C@@H](C)c1ccc(NC(=O)[C@@H](NC(=O)OC(C)(C)C)C2CCC(=C(F)F)CC2)c(F)c1. The Labute approximate surface area is 274 Å². The Kier molecular flexibility index (Phi) is 13.2. The summed E-state index contributed by atoms with van der Waals surface area (Å²) in [5.41, 5.74) is -0.603. The average Bonchev–Trinajstić information content (AvgIpc) is 2.99.